The van der Waals surface area contributed by atoms with Gasteiger partial charge in [-0.25, -0.2) is 8.42 Å². The van der Waals surface area contributed by atoms with Crippen LogP contribution in [-0.2, 0) is 19.4 Å². The van der Waals surface area contributed by atoms with Crippen molar-refractivity contribution in [2.75, 3.05) is 32.1 Å². The molecule has 0 atom stereocenters. The van der Waals surface area contributed by atoms with Gasteiger partial charge in [0.15, 0.2) is 9.84 Å². The fourth-order valence-electron chi connectivity index (χ4n) is 1.49. The fourth-order valence-corrected chi connectivity index (χ4v) is 2.75. The second-order valence-electron chi connectivity index (χ2n) is 4.07. The molecule has 0 radical (unpaired) electrons. The van der Waals surface area contributed by atoms with Gasteiger partial charge in [-0.1, -0.05) is 18.2 Å². The topological polar surface area (TPSA) is 92.7 Å². The molecule has 0 saturated heterocycles. The molecule has 0 heterocycles. The van der Waals surface area contributed by atoms with Crippen LogP contribution in [0.15, 0.2) is 35.2 Å². The van der Waals surface area contributed by atoms with Crippen LogP contribution in [-0.4, -0.2) is 51.5 Å². The standard InChI is InChI=1S/C13H19NO5S/c15-8-10-19-9-7-14-13(16)6-11-20(17,18)12-4-2-1-3-5-12/h1-5,15H,6-11H2,(H,14,16). The Kier molecular flexibility index (Phi) is 7.21. The zero-order valence-corrected chi connectivity index (χ0v) is 11.9. The summed E-state index contributed by atoms with van der Waals surface area (Å²) in [5, 5.41) is 11.0. The van der Waals surface area contributed by atoms with Gasteiger partial charge in [-0.05, 0) is 12.1 Å². The number of benzene rings is 1. The van der Waals surface area contributed by atoms with E-state index in [1.54, 1.807) is 18.2 Å². The highest BCUT2D eigenvalue weighted by Gasteiger charge is 2.15. The van der Waals surface area contributed by atoms with E-state index in [1.807, 2.05) is 0 Å². The summed E-state index contributed by atoms with van der Waals surface area (Å²) in [6.07, 6.45) is -0.0861. The molecule has 112 valence electrons. The van der Waals surface area contributed by atoms with Crippen molar-refractivity contribution in [2.45, 2.75) is 11.3 Å². The maximum Gasteiger partial charge on any atom is 0.221 e. The summed E-state index contributed by atoms with van der Waals surface area (Å²) in [5.41, 5.74) is 0. The van der Waals surface area contributed by atoms with E-state index in [-0.39, 0.29) is 42.8 Å². The number of hydrogen-bond donors (Lipinski definition) is 2. The summed E-state index contributed by atoms with van der Waals surface area (Å²) >= 11 is 0. The number of nitrogens with one attached hydrogen (secondary N) is 1. The Balaban J connectivity index is 2.30. The number of carbonyl (C=O) groups excluding carboxylic acids is 1. The number of rotatable bonds is 9. The summed E-state index contributed by atoms with van der Waals surface area (Å²) in [4.78, 5) is 11.7. The average molecular weight is 301 g/mol. The minimum Gasteiger partial charge on any atom is -0.394 e. The van der Waals surface area contributed by atoms with Crippen LogP contribution in [0.3, 0.4) is 0 Å². The third-order valence-electron chi connectivity index (χ3n) is 2.50. The van der Waals surface area contributed by atoms with Gasteiger partial charge in [0.05, 0.1) is 30.5 Å². The molecule has 0 saturated carbocycles. The number of ether oxygens (including phenoxy) is 1. The number of hydrogen-bond acceptors (Lipinski definition) is 5. The third kappa shape index (κ3) is 6.14. The van der Waals surface area contributed by atoms with Gasteiger partial charge >= 0.3 is 0 Å². The van der Waals surface area contributed by atoms with Crippen LogP contribution in [0.2, 0.25) is 0 Å². The first-order valence-corrected chi connectivity index (χ1v) is 7.94. The third-order valence-corrected chi connectivity index (χ3v) is 4.24. The van der Waals surface area contributed by atoms with Crippen LogP contribution in [0.1, 0.15) is 6.42 Å². The van der Waals surface area contributed by atoms with Crippen LogP contribution in [0.4, 0.5) is 0 Å². The first kappa shape index (κ1) is 16.6. The molecule has 1 amide bonds. The van der Waals surface area contributed by atoms with Crippen LogP contribution < -0.4 is 5.32 Å². The maximum atomic E-state index is 11.9. The van der Waals surface area contributed by atoms with Gasteiger partial charge in [0, 0.05) is 13.0 Å². The molecule has 0 fully saturated rings. The van der Waals surface area contributed by atoms with Gasteiger partial charge < -0.3 is 15.2 Å². The van der Waals surface area contributed by atoms with Gasteiger partial charge in [0.2, 0.25) is 5.91 Å². The lowest BCUT2D eigenvalue weighted by Gasteiger charge is -2.06. The number of aliphatic hydroxyl groups is 1. The predicted molar refractivity (Wildman–Crippen MR) is 74.0 cm³/mol. The second kappa shape index (κ2) is 8.68. The molecule has 2 N–H and O–H groups in total. The van der Waals surface area contributed by atoms with Gasteiger partial charge in [-0.3, -0.25) is 4.79 Å². The van der Waals surface area contributed by atoms with Crippen molar-refractivity contribution in [3.8, 4) is 0 Å². The molecule has 1 aromatic carbocycles. The first-order valence-electron chi connectivity index (χ1n) is 6.29. The van der Waals surface area contributed by atoms with Gasteiger partial charge in [0.1, 0.15) is 0 Å². The molecule has 0 spiro atoms. The molecule has 0 aliphatic heterocycles. The quantitative estimate of drug-likeness (QED) is 0.625. The monoisotopic (exact) mass is 301 g/mol. The Morgan fingerprint density at radius 2 is 1.90 bits per heavy atom. The lowest BCUT2D eigenvalue weighted by Crippen LogP contribution is -2.29. The van der Waals surface area contributed by atoms with Crippen molar-refractivity contribution in [1.82, 2.24) is 5.32 Å². The highest BCUT2D eigenvalue weighted by molar-refractivity contribution is 7.91. The Morgan fingerprint density at radius 1 is 1.20 bits per heavy atom. The Morgan fingerprint density at radius 3 is 2.55 bits per heavy atom. The smallest absolute Gasteiger partial charge is 0.221 e. The van der Waals surface area contributed by atoms with Gasteiger partial charge in [-0.15, -0.1) is 0 Å². The SMILES string of the molecule is O=C(CCS(=O)(=O)c1ccccc1)NCCOCCO. The van der Waals surface area contributed by atoms with Crippen LogP contribution in [0.25, 0.3) is 0 Å². The Hall–Kier alpha value is -1.44. The van der Waals surface area contributed by atoms with Crippen molar-refractivity contribution in [1.29, 1.82) is 0 Å². The molecule has 0 bridgehead atoms. The van der Waals surface area contributed by atoms with Crippen LogP contribution in [0.5, 0.6) is 0 Å². The molecule has 1 aromatic rings. The summed E-state index contributed by atoms with van der Waals surface area (Å²) < 4.78 is 28.8. The van der Waals surface area contributed by atoms with Crippen molar-refractivity contribution < 1.29 is 23.1 Å². The highest BCUT2D eigenvalue weighted by atomic mass is 32.2. The molecule has 1 rings (SSSR count). The van der Waals surface area contributed by atoms with E-state index >= 15 is 0 Å². The lowest BCUT2D eigenvalue weighted by atomic mass is 10.4. The minimum atomic E-state index is -3.42. The van der Waals surface area contributed by atoms with E-state index in [1.165, 1.54) is 12.1 Å². The van der Waals surface area contributed by atoms with Crippen LogP contribution >= 0.6 is 0 Å². The number of amides is 1. The average Bonchev–Trinajstić information content (AvgIpc) is 2.46. The van der Waals surface area contributed by atoms with Gasteiger partial charge in [0.25, 0.3) is 0 Å². The fraction of sp³-hybridized carbons (Fsp3) is 0.462. The molecule has 0 aliphatic carbocycles. The summed E-state index contributed by atoms with van der Waals surface area (Å²) in [6.45, 7) is 0.740. The number of sulfone groups is 1. The maximum absolute atomic E-state index is 11.9. The largest absolute Gasteiger partial charge is 0.394 e. The molecule has 0 unspecified atom stereocenters. The van der Waals surface area contributed by atoms with Crippen molar-refractivity contribution in [2.24, 2.45) is 0 Å². The second-order valence-corrected chi connectivity index (χ2v) is 6.18. The zero-order valence-electron chi connectivity index (χ0n) is 11.1. The molecule has 7 heteroatoms. The normalized spacial score (nSPS) is 11.2. The molecule has 0 aromatic heterocycles. The van der Waals surface area contributed by atoms with Crippen molar-refractivity contribution in [3.05, 3.63) is 30.3 Å². The summed E-state index contributed by atoms with van der Waals surface area (Å²) in [6, 6.07) is 8.04. The van der Waals surface area contributed by atoms with E-state index < -0.39 is 9.84 Å². The predicted octanol–water partition coefficient (Wildman–Crippen LogP) is -0.0245. The lowest BCUT2D eigenvalue weighted by molar-refractivity contribution is -0.120. The molecular weight excluding hydrogens is 282 g/mol. The summed E-state index contributed by atoms with van der Waals surface area (Å²) in [5.74, 6) is -0.558. The molecule has 0 aliphatic rings. The Bertz CT molecular complexity index is 501. The van der Waals surface area contributed by atoms with E-state index in [0.29, 0.717) is 6.54 Å². The van der Waals surface area contributed by atoms with Crippen molar-refractivity contribution >= 4 is 15.7 Å². The molecule has 20 heavy (non-hydrogen) atoms. The van der Waals surface area contributed by atoms with Gasteiger partial charge in [-0.2, -0.15) is 0 Å². The zero-order chi connectivity index (χ0) is 14.8. The number of carbonyl (C=O) groups is 1. The molecule has 6 nitrogen and oxygen atoms in total. The minimum absolute atomic E-state index is 0.0662. The highest BCUT2D eigenvalue weighted by Crippen LogP contribution is 2.10. The molecular formula is C13H19NO5S. The van der Waals surface area contributed by atoms with E-state index in [4.69, 9.17) is 9.84 Å². The van der Waals surface area contributed by atoms with E-state index in [0.717, 1.165) is 0 Å². The van der Waals surface area contributed by atoms with E-state index in [2.05, 4.69) is 5.32 Å². The first-order chi connectivity index (χ1) is 9.56. The van der Waals surface area contributed by atoms with E-state index in [9.17, 15) is 13.2 Å². The number of aliphatic hydroxyl groups excluding tert-OH is 1. The summed E-state index contributed by atoms with van der Waals surface area (Å²) in [7, 11) is -3.42. The Labute approximate surface area is 118 Å². The van der Waals surface area contributed by atoms with Crippen LogP contribution in [0, 0.1) is 0 Å². The van der Waals surface area contributed by atoms with Crippen molar-refractivity contribution in [3.63, 3.8) is 0 Å².